The van der Waals surface area contributed by atoms with Crippen molar-refractivity contribution in [2.45, 2.75) is 0 Å². The number of fused-ring (bicyclic) bond motifs is 6. The van der Waals surface area contributed by atoms with E-state index in [1.165, 1.54) is 10.7 Å². The lowest BCUT2D eigenvalue weighted by Crippen LogP contribution is -2.11. The molecule has 50 heavy (non-hydrogen) atoms. The van der Waals surface area contributed by atoms with Crippen LogP contribution in [-0.2, 0) is 0 Å². The summed E-state index contributed by atoms with van der Waals surface area (Å²) in [6.07, 6.45) is 0. The zero-order valence-corrected chi connectivity index (χ0v) is 29.1. The first-order valence-electron chi connectivity index (χ1n) is 17.0. The Hall–Kier alpha value is -5.70. The summed E-state index contributed by atoms with van der Waals surface area (Å²) < 4.78 is 20.6. The molecule has 0 aliphatic carbocycles. The molecule has 0 radical (unpaired) electrons. The van der Waals surface area contributed by atoms with Gasteiger partial charge < -0.3 is 14.0 Å². The van der Waals surface area contributed by atoms with Crippen LogP contribution in [-0.4, -0.2) is 29.1 Å². The minimum absolute atomic E-state index is 0.272. The highest BCUT2D eigenvalue weighted by Crippen LogP contribution is 2.47. The molecule has 242 valence electrons. The highest BCUT2D eigenvalue weighted by Gasteiger charge is 2.25. The molecule has 9 rings (SSSR count). The summed E-state index contributed by atoms with van der Waals surface area (Å²) in [6.45, 7) is 7.09. The van der Waals surface area contributed by atoms with Crippen LogP contribution in [0.25, 0.3) is 55.0 Å². The van der Waals surface area contributed by atoms with E-state index in [9.17, 15) is 0 Å². The average Bonchev–Trinajstić information content (AvgIpc) is 3.65. The minimum atomic E-state index is -1.28. The number of para-hydroxylation sites is 4. The normalized spacial score (nSPS) is 12.0. The second kappa shape index (κ2) is 11.7. The predicted molar refractivity (Wildman–Crippen MR) is 214 cm³/mol. The highest BCUT2D eigenvalue weighted by molar-refractivity contribution is 7.80. The van der Waals surface area contributed by atoms with Crippen molar-refractivity contribution < 1.29 is 4.39 Å². The van der Waals surface area contributed by atoms with Crippen LogP contribution >= 0.6 is 7.26 Å². The standard InChI is InChI=1S/C45H36FN3P/c1-50(2,3)35-24-27-44-39(30-35)38-29-34(23-26-43(38)49(44)32-16-8-5-9-17-32)47(45-21-13-11-19-40(45)46)33-22-25-42-37(28-33)36-18-10-12-20-41(36)48(42)31-14-6-4-7-15-31/h4-30H,1-3H3/q+1. The number of benzene rings is 7. The second-order valence-electron chi connectivity index (χ2n) is 13.8. The van der Waals surface area contributed by atoms with E-state index in [2.05, 4.69) is 167 Å². The molecule has 0 atom stereocenters. The van der Waals surface area contributed by atoms with Gasteiger partial charge in [-0.15, -0.1) is 0 Å². The first-order chi connectivity index (χ1) is 24.4. The molecule has 0 fully saturated rings. The molecule has 2 heterocycles. The van der Waals surface area contributed by atoms with Crippen LogP contribution in [0, 0.1) is 5.82 Å². The molecule has 0 saturated heterocycles. The SMILES string of the molecule is C[P+](C)(C)c1ccc2c(c1)c1cc(N(c3ccc4c(c3)c3ccccc3n4-c3ccccc3)c3ccccc3F)ccc1n2-c1ccccc1. The lowest BCUT2D eigenvalue weighted by Gasteiger charge is -2.26. The van der Waals surface area contributed by atoms with Crippen LogP contribution in [0.15, 0.2) is 164 Å². The van der Waals surface area contributed by atoms with Crippen LogP contribution in [0.4, 0.5) is 21.5 Å². The van der Waals surface area contributed by atoms with Gasteiger partial charge in [0.25, 0.3) is 0 Å². The van der Waals surface area contributed by atoms with Gasteiger partial charge in [0.05, 0.1) is 53.1 Å². The third-order valence-electron chi connectivity index (χ3n) is 9.80. The summed E-state index contributed by atoms with van der Waals surface area (Å²) >= 11 is 0. The van der Waals surface area contributed by atoms with E-state index >= 15 is 4.39 Å². The van der Waals surface area contributed by atoms with Gasteiger partial charge in [-0.2, -0.15) is 0 Å². The first-order valence-corrected chi connectivity index (χ1v) is 20.1. The summed E-state index contributed by atoms with van der Waals surface area (Å²) in [7, 11) is -1.28. The molecule has 0 bridgehead atoms. The molecule has 0 aliphatic rings. The van der Waals surface area contributed by atoms with Gasteiger partial charge >= 0.3 is 0 Å². The number of hydrogen-bond donors (Lipinski definition) is 0. The average molecular weight is 669 g/mol. The van der Waals surface area contributed by atoms with E-state index in [0.717, 1.165) is 61.0 Å². The number of nitrogens with zero attached hydrogens (tertiary/aromatic N) is 3. The van der Waals surface area contributed by atoms with Crippen LogP contribution in [0.1, 0.15) is 0 Å². The van der Waals surface area contributed by atoms with Crippen LogP contribution in [0.5, 0.6) is 0 Å². The number of anilines is 3. The Morgan fingerprint density at radius 1 is 0.440 bits per heavy atom. The molecule has 0 N–H and O–H groups in total. The molecule has 9 aromatic rings. The minimum Gasteiger partial charge on any atom is -0.309 e. The largest absolute Gasteiger partial charge is 0.309 e. The fourth-order valence-electron chi connectivity index (χ4n) is 7.43. The molecule has 2 aromatic heterocycles. The summed E-state index contributed by atoms with van der Waals surface area (Å²) in [4.78, 5) is 2.06. The zero-order valence-electron chi connectivity index (χ0n) is 28.3. The van der Waals surface area contributed by atoms with Crippen molar-refractivity contribution in [1.82, 2.24) is 9.13 Å². The van der Waals surface area contributed by atoms with Gasteiger partial charge in [0.1, 0.15) is 5.82 Å². The summed E-state index contributed by atoms with van der Waals surface area (Å²) in [5, 5.41) is 5.99. The maximum Gasteiger partial charge on any atom is 0.147 e. The molecule has 0 amide bonds. The van der Waals surface area contributed by atoms with E-state index in [4.69, 9.17) is 0 Å². The first kappa shape index (κ1) is 30.4. The number of rotatable bonds is 6. The molecular weight excluding hydrogens is 632 g/mol. The van der Waals surface area contributed by atoms with Crippen molar-refractivity contribution in [3.8, 4) is 11.4 Å². The van der Waals surface area contributed by atoms with E-state index < -0.39 is 7.26 Å². The number of hydrogen-bond acceptors (Lipinski definition) is 1. The van der Waals surface area contributed by atoms with Crippen molar-refractivity contribution in [3.05, 3.63) is 170 Å². The highest BCUT2D eigenvalue weighted by atomic mass is 31.2. The second-order valence-corrected chi connectivity index (χ2v) is 18.3. The Morgan fingerprint density at radius 2 is 0.900 bits per heavy atom. The summed E-state index contributed by atoms with van der Waals surface area (Å²) in [5.41, 5.74) is 9.04. The quantitative estimate of drug-likeness (QED) is 0.161. The molecule has 3 nitrogen and oxygen atoms in total. The summed E-state index contributed by atoms with van der Waals surface area (Å²) in [5.74, 6) is -0.272. The van der Waals surface area contributed by atoms with Crippen molar-refractivity contribution in [2.75, 3.05) is 24.9 Å². The molecule has 7 aromatic carbocycles. The Labute approximate surface area is 291 Å². The molecule has 0 saturated carbocycles. The van der Waals surface area contributed by atoms with Crippen molar-refractivity contribution >= 4 is 73.2 Å². The van der Waals surface area contributed by atoms with E-state index in [1.54, 1.807) is 12.1 Å². The van der Waals surface area contributed by atoms with Gasteiger partial charge in [-0.05, 0) is 97.1 Å². The molecule has 0 unspecified atom stereocenters. The van der Waals surface area contributed by atoms with Crippen molar-refractivity contribution in [2.24, 2.45) is 0 Å². The number of aromatic nitrogens is 2. The fourth-order valence-corrected chi connectivity index (χ4v) is 8.46. The third-order valence-corrected chi connectivity index (χ3v) is 11.6. The maximum atomic E-state index is 15.9. The Bertz CT molecular complexity index is 2700. The Kier molecular flexibility index (Phi) is 7.12. The zero-order chi connectivity index (χ0) is 34.0. The molecule has 5 heteroatoms. The van der Waals surface area contributed by atoms with Crippen molar-refractivity contribution in [3.63, 3.8) is 0 Å². The number of halogens is 1. The lowest BCUT2D eigenvalue weighted by molar-refractivity contribution is 0.629. The predicted octanol–water partition coefficient (Wildman–Crippen LogP) is 12.0. The van der Waals surface area contributed by atoms with Gasteiger partial charge in [-0.3, -0.25) is 0 Å². The fraction of sp³-hybridized carbons (Fsp3) is 0.0667. The molecular formula is C45H36FN3P+. The molecule has 0 aliphatic heterocycles. The molecule has 0 spiro atoms. The Balaban J connectivity index is 1.31. The van der Waals surface area contributed by atoms with Gasteiger partial charge in [0, 0.05) is 51.6 Å². The smallest absolute Gasteiger partial charge is 0.147 e. The van der Waals surface area contributed by atoms with Gasteiger partial charge in [0.2, 0.25) is 0 Å². The van der Waals surface area contributed by atoms with Crippen LogP contribution < -0.4 is 10.2 Å². The van der Waals surface area contributed by atoms with Crippen LogP contribution in [0.3, 0.4) is 0 Å². The van der Waals surface area contributed by atoms with Gasteiger partial charge in [-0.1, -0.05) is 66.7 Å². The van der Waals surface area contributed by atoms with Crippen molar-refractivity contribution in [1.29, 1.82) is 0 Å². The third kappa shape index (κ3) is 4.90. The Morgan fingerprint density at radius 3 is 1.48 bits per heavy atom. The summed E-state index contributed by atoms with van der Waals surface area (Å²) in [6, 6.07) is 56.6. The van der Waals surface area contributed by atoms with Crippen LogP contribution in [0.2, 0.25) is 0 Å². The topological polar surface area (TPSA) is 13.1 Å². The monoisotopic (exact) mass is 668 g/mol. The van der Waals surface area contributed by atoms with Gasteiger partial charge in [0.15, 0.2) is 0 Å². The lowest BCUT2D eigenvalue weighted by atomic mass is 10.1. The van der Waals surface area contributed by atoms with E-state index in [1.807, 2.05) is 18.2 Å². The van der Waals surface area contributed by atoms with E-state index in [-0.39, 0.29) is 5.82 Å². The van der Waals surface area contributed by atoms with E-state index in [0.29, 0.717) is 5.69 Å². The van der Waals surface area contributed by atoms with Gasteiger partial charge in [-0.25, -0.2) is 4.39 Å². The maximum absolute atomic E-state index is 15.9.